The summed E-state index contributed by atoms with van der Waals surface area (Å²) in [7, 11) is -10.8. The van der Waals surface area contributed by atoms with Gasteiger partial charge in [0, 0.05) is 0 Å². The molecule has 0 saturated heterocycles. The first-order chi connectivity index (χ1) is 11.0. The average molecular weight is 388 g/mol. The Labute approximate surface area is 137 Å². The van der Waals surface area contributed by atoms with E-state index in [9.17, 15) is 34.4 Å². The van der Waals surface area contributed by atoms with Gasteiger partial charge in [-0.1, -0.05) is 30.3 Å². The monoisotopic (exact) mass is 388 g/mol. The van der Waals surface area contributed by atoms with Gasteiger partial charge >= 0.3 is 5.51 Å². The molecule has 0 heterocycles. The molecule has 4 nitrogen and oxygen atoms in total. The molecule has 24 heavy (non-hydrogen) atoms. The second-order valence-electron chi connectivity index (χ2n) is 5.71. The van der Waals surface area contributed by atoms with Crippen molar-refractivity contribution in [1.82, 2.24) is 0 Å². The first-order valence-electron chi connectivity index (χ1n) is 7.20. The number of rotatable bonds is 4. The van der Waals surface area contributed by atoms with Gasteiger partial charge in [0.1, 0.15) is 6.17 Å². The third kappa shape index (κ3) is 3.58. The smallest absolute Gasteiger partial charge is 0.247 e. The summed E-state index contributed by atoms with van der Waals surface area (Å²) in [5.74, 6) is 0. The van der Waals surface area contributed by atoms with Crippen LogP contribution in [0.2, 0.25) is 0 Å². The zero-order valence-corrected chi connectivity index (χ0v) is 14.0. The van der Waals surface area contributed by atoms with Gasteiger partial charge in [-0.15, -0.1) is 0 Å². The van der Waals surface area contributed by atoms with E-state index in [1.54, 1.807) is 0 Å². The van der Waals surface area contributed by atoms with Crippen molar-refractivity contribution in [1.29, 1.82) is 0 Å². The maximum Gasteiger partial charge on any atom is 0.499 e. The minimum Gasteiger partial charge on any atom is -0.247 e. The molecular formula is C14H16F4O4S2. The lowest BCUT2D eigenvalue weighted by atomic mass is 9.98. The van der Waals surface area contributed by atoms with E-state index in [1.165, 1.54) is 18.2 Å². The second-order valence-corrected chi connectivity index (χ2v) is 10.3. The number of hydrogen-bond acceptors (Lipinski definition) is 4. The van der Waals surface area contributed by atoms with Gasteiger partial charge < -0.3 is 0 Å². The highest BCUT2D eigenvalue weighted by Gasteiger charge is 2.57. The van der Waals surface area contributed by atoms with Crippen LogP contribution in [-0.4, -0.2) is 33.8 Å². The maximum absolute atomic E-state index is 13.5. The Kier molecular flexibility index (Phi) is 5.29. The zero-order valence-electron chi connectivity index (χ0n) is 12.4. The number of sulfone groups is 2. The molecule has 0 N–H and O–H groups in total. The summed E-state index contributed by atoms with van der Waals surface area (Å²) in [6, 6.07) is 5.96. The number of benzene rings is 1. The van der Waals surface area contributed by atoms with E-state index in [1.807, 2.05) is 0 Å². The van der Waals surface area contributed by atoms with Crippen LogP contribution in [0.25, 0.3) is 0 Å². The van der Waals surface area contributed by atoms with Crippen molar-refractivity contribution in [3.8, 4) is 0 Å². The van der Waals surface area contributed by atoms with Crippen molar-refractivity contribution in [2.45, 2.75) is 47.2 Å². The summed E-state index contributed by atoms with van der Waals surface area (Å²) in [4.78, 5) is 0. The summed E-state index contributed by atoms with van der Waals surface area (Å²) in [5, 5.41) is -1.46. The van der Waals surface area contributed by atoms with Crippen LogP contribution in [0.5, 0.6) is 0 Å². The lowest BCUT2D eigenvalue weighted by Crippen LogP contribution is -2.40. The molecule has 3 unspecified atom stereocenters. The first kappa shape index (κ1) is 19.2. The Bertz CT molecular complexity index is 773. The summed E-state index contributed by atoms with van der Waals surface area (Å²) < 4.78 is 99.0. The van der Waals surface area contributed by atoms with Gasteiger partial charge in [-0.3, -0.25) is 0 Å². The van der Waals surface area contributed by atoms with E-state index in [4.69, 9.17) is 0 Å². The molecule has 10 heteroatoms. The molecule has 0 aromatic heterocycles. The molecule has 1 aromatic carbocycles. The Balaban J connectivity index is 2.59. The molecule has 1 saturated carbocycles. The van der Waals surface area contributed by atoms with E-state index in [-0.39, 0.29) is 19.3 Å². The lowest BCUT2D eigenvalue weighted by molar-refractivity contribution is -0.0439. The van der Waals surface area contributed by atoms with Crippen LogP contribution >= 0.6 is 0 Å². The summed E-state index contributed by atoms with van der Waals surface area (Å²) >= 11 is 0. The topological polar surface area (TPSA) is 68.3 Å². The summed E-state index contributed by atoms with van der Waals surface area (Å²) in [5.41, 5.74) is -6.22. The number of hydrogen-bond donors (Lipinski definition) is 0. The Morgan fingerprint density at radius 2 is 1.58 bits per heavy atom. The fraction of sp³-hybridized carbons (Fsp3) is 0.571. The van der Waals surface area contributed by atoms with Gasteiger partial charge in [-0.2, -0.15) is 13.2 Å². The Morgan fingerprint density at radius 3 is 2.08 bits per heavy atom. The molecular weight excluding hydrogens is 372 g/mol. The van der Waals surface area contributed by atoms with Crippen LogP contribution < -0.4 is 0 Å². The van der Waals surface area contributed by atoms with E-state index in [0.29, 0.717) is 0 Å². The molecule has 0 aliphatic heterocycles. The molecule has 1 aromatic rings. The summed E-state index contributed by atoms with van der Waals surface area (Å²) in [6.45, 7) is 0. The van der Waals surface area contributed by atoms with Crippen LogP contribution in [0, 0.1) is 0 Å². The van der Waals surface area contributed by atoms with Crippen LogP contribution in [0.3, 0.4) is 0 Å². The molecule has 0 bridgehead atoms. The van der Waals surface area contributed by atoms with Crippen molar-refractivity contribution >= 4 is 19.7 Å². The number of alkyl halides is 4. The SMILES string of the molecule is O=S(=O)(C1CCCC(F)C1)C(c1ccccc1)S(=O)(=O)C(F)(F)F. The number of halogens is 4. The predicted octanol–water partition coefficient (Wildman–Crippen LogP) is 3.32. The Morgan fingerprint density at radius 1 is 1.00 bits per heavy atom. The van der Waals surface area contributed by atoms with Gasteiger partial charge in [0.05, 0.1) is 5.25 Å². The first-order valence-corrected chi connectivity index (χ1v) is 10.4. The van der Waals surface area contributed by atoms with Gasteiger partial charge in [0.25, 0.3) is 9.84 Å². The minimum atomic E-state index is -6.03. The van der Waals surface area contributed by atoms with Gasteiger partial charge in [-0.05, 0) is 31.2 Å². The quantitative estimate of drug-likeness (QED) is 0.742. The lowest BCUT2D eigenvalue weighted by Gasteiger charge is -2.29. The molecule has 1 aliphatic rings. The normalized spacial score (nSPS) is 24.5. The predicted molar refractivity (Wildman–Crippen MR) is 80.2 cm³/mol. The average Bonchev–Trinajstić information content (AvgIpc) is 2.46. The summed E-state index contributed by atoms with van der Waals surface area (Å²) in [6.07, 6.45) is -1.71. The molecule has 1 fully saturated rings. The largest absolute Gasteiger partial charge is 0.499 e. The highest BCUT2D eigenvalue weighted by Crippen LogP contribution is 2.43. The molecule has 0 radical (unpaired) electrons. The third-order valence-electron chi connectivity index (χ3n) is 4.00. The third-order valence-corrected chi connectivity index (χ3v) is 9.27. The highest BCUT2D eigenvalue weighted by atomic mass is 32.3. The second kappa shape index (κ2) is 6.62. The van der Waals surface area contributed by atoms with E-state index in [0.717, 1.165) is 12.1 Å². The standard InChI is InChI=1S/C14H16F4O4S2/c15-11-7-4-8-12(9-11)23(19,20)13(10-5-2-1-3-6-10)24(21,22)14(16,17)18/h1-3,5-6,11-13H,4,7-9H2. The Hall–Kier alpha value is -1.16. The van der Waals surface area contributed by atoms with E-state index < -0.39 is 53.2 Å². The fourth-order valence-electron chi connectivity index (χ4n) is 2.84. The van der Waals surface area contributed by atoms with Gasteiger partial charge in [0.15, 0.2) is 14.4 Å². The van der Waals surface area contributed by atoms with Crippen LogP contribution in [-0.2, 0) is 19.7 Å². The molecule has 2 rings (SSSR count). The van der Waals surface area contributed by atoms with Crippen molar-refractivity contribution in [2.75, 3.05) is 0 Å². The van der Waals surface area contributed by atoms with Crippen molar-refractivity contribution in [3.05, 3.63) is 35.9 Å². The highest BCUT2D eigenvalue weighted by molar-refractivity contribution is 8.09. The van der Waals surface area contributed by atoms with Crippen molar-refractivity contribution in [3.63, 3.8) is 0 Å². The van der Waals surface area contributed by atoms with E-state index >= 15 is 0 Å². The molecule has 136 valence electrons. The molecule has 0 spiro atoms. The molecule has 3 atom stereocenters. The van der Waals surface area contributed by atoms with Crippen LogP contribution in [0.1, 0.15) is 35.8 Å². The van der Waals surface area contributed by atoms with E-state index in [2.05, 4.69) is 0 Å². The van der Waals surface area contributed by atoms with Gasteiger partial charge in [0.2, 0.25) is 0 Å². The maximum atomic E-state index is 13.5. The van der Waals surface area contributed by atoms with Gasteiger partial charge in [-0.25, -0.2) is 21.2 Å². The molecule has 0 amide bonds. The van der Waals surface area contributed by atoms with Crippen molar-refractivity contribution in [2.24, 2.45) is 0 Å². The van der Waals surface area contributed by atoms with Crippen LogP contribution in [0.4, 0.5) is 17.6 Å². The fourth-order valence-corrected chi connectivity index (χ4v) is 7.67. The zero-order chi connectivity index (χ0) is 18.2. The van der Waals surface area contributed by atoms with Crippen molar-refractivity contribution < 1.29 is 34.4 Å². The molecule has 1 aliphatic carbocycles. The van der Waals surface area contributed by atoms with Crippen LogP contribution in [0.15, 0.2) is 30.3 Å². The minimum absolute atomic E-state index is 0.0561.